The number of hydrogen-bond donors (Lipinski definition) is 1. The van der Waals surface area contributed by atoms with Gasteiger partial charge in [-0.05, 0) is 66.6 Å². The molecule has 0 aromatic carbocycles. The first-order chi connectivity index (χ1) is 9.85. The third kappa shape index (κ3) is 3.87. The lowest BCUT2D eigenvalue weighted by Gasteiger charge is -2.26. The molecule has 20 heavy (non-hydrogen) atoms. The van der Waals surface area contributed by atoms with Crippen LogP contribution < -0.4 is 5.73 Å². The average Bonchev–Trinajstić information content (AvgIpc) is 2.52. The lowest BCUT2D eigenvalue weighted by atomic mass is 9.79. The summed E-state index contributed by atoms with van der Waals surface area (Å²) in [7, 11) is 0. The third-order valence-corrected chi connectivity index (χ3v) is 3.97. The van der Waals surface area contributed by atoms with E-state index in [2.05, 4.69) is 41.2 Å². The monoisotopic (exact) mass is 269 g/mol. The predicted octanol–water partition coefficient (Wildman–Crippen LogP) is 3.18. The van der Waals surface area contributed by atoms with Crippen LogP contribution in [0.3, 0.4) is 0 Å². The van der Waals surface area contributed by atoms with E-state index in [9.17, 15) is 0 Å². The van der Waals surface area contributed by atoms with Crippen LogP contribution in [0.15, 0.2) is 49.1 Å². The summed E-state index contributed by atoms with van der Waals surface area (Å²) < 4.78 is 0. The number of rotatable bonds is 7. The van der Waals surface area contributed by atoms with Gasteiger partial charge in [0, 0.05) is 24.8 Å². The second kappa shape index (κ2) is 7.75. The number of pyridine rings is 2. The molecule has 0 bridgehead atoms. The Kier molecular flexibility index (Phi) is 5.69. The molecule has 2 unspecified atom stereocenters. The zero-order chi connectivity index (χ0) is 14.2. The quantitative estimate of drug-likeness (QED) is 0.840. The zero-order valence-electron chi connectivity index (χ0n) is 12.1. The number of nitrogens with zero attached hydrogens (tertiary/aromatic N) is 2. The van der Waals surface area contributed by atoms with Gasteiger partial charge in [0.2, 0.25) is 0 Å². The van der Waals surface area contributed by atoms with Gasteiger partial charge in [0.05, 0.1) is 0 Å². The van der Waals surface area contributed by atoms with Gasteiger partial charge in [-0.2, -0.15) is 0 Å². The highest BCUT2D eigenvalue weighted by Crippen LogP contribution is 2.32. The van der Waals surface area contributed by atoms with Crippen LogP contribution in [0.2, 0.25) is 0 Å². The Morgan fingerprint density at radius 2 is 1.60 bits per heavy atom. The normalized spacial score (nSPS) is 13.9. The molecule has 106 valence electrons. The first-order valence-electron chi connectivity index (χ1n) is 7.34. The second-order valence-corrected chi connectivity index (χ2v) is 5.19. The van der Waals surface area contributed by atoms with Gasteiger partial charge in [0.25, 0.3) is 0 Å². The molecule has 2 atom stereocenters. The standard InChI is InChI=1S/C17H23N3/c1-2-15(3-8-18)17(16-6-11-20-12-7-16)13-14-4-9-19-10-5-14/h4-7,9-12,15,17H,2-3,8,13,18H2,1H3. The van der Waals surface area contributed by atoms with Crippen LogP contribution in [0.25, 0.3) is 0 Å². The lowest BCUT2D eigenvalue weighted by Crippen LogP contribution is -2.18. The Labute approximate surface area is 121 Å². The SMILES string of the molecule is CCC(CCN)C(Cc1ccncc1)c1ccncc1. The average molecular weight is 269 g/mol. The Bertz CT molecular complexity index is 484. The fraction of sp³-hybridized carbons (Fsp3) is 0.412. The van der Waals surface area contributed by atoms with Crippen LogP contribution >= 0.6 is 0 Å². The van der Waals surface area contributed by atoms with E-state index < -0.39 is 0 Å². The van der Waals surface area contributed by atoms with Crippen molar-refractivity contribution < 1.29 is 0 Å². The molecule has 0 saturated heterocycles. The summed E-state index contributed by atoms with van der Waals surface area (Å²) in [5.41, 5.74) is 8.48. The molecule has 3 heteroatoms. The van der Waals surface area contributed by atoms with Gasteiger partial charge >= 0.3 is 0 Å². The van der Waals surface area contributed by atoms with Crippen molar-refractivity contribution in [1.82, 2.24) is 9.97 Å². The minimum atomic E-state index is 0.494. The summed E-state index contributed by atoms with van der Waals surface area (Å²) in [6.07, 6.45) is 10.7. The summed E-state index contributed by atoms with van der Waals surface area (Å²) >= 11 is 0. The van der Waals surface area contributed by atoms with Crippen molar-refractivity contribution in [1.29, 1.82) is 0 Å². The van der Waals surface area contributed by atoms with Gasteiger partial charge in [-0.1, -0.05) is 13.3 Å². The van der Waals surface area contributed by atoms with Crippen molar-refractivity contribution in [2.75, 3.05) is 6.54 Å². The summed E-state index contributed by atoms with van der Waals surface area (Å²) in [4.78, 5) is 8.23. The smallest absolute Gasteiger partial charge is 0.0270 e. The Morgan fingerprint density at radius 1 is 1.00 bits per heavy atom. The fourth-order valence-electron chi connectivity index (χ4n) is 2.84. The molecular weight excluding hydrogens is 246 g/mol. The fourth-order valence-corrected chi connectivity index (χ4v) is 2.84. The summed E-state index contributed by atoms with van der Waals surface area (Å²) in [6, 6.07) is 8.46. The van der Waals surface area contributed by atoms with Crippen molar-refractivity contribution in [2.45, 2.75) is 32.1 Å². The summed E-state index contributed by atoms with van der Waals surface area (Å²) in [5.74, 6) is 1.10. The molecule has 2 aromatic heterocycles. The molecule has 2 heterocycles. The summed E-state index contributed by atoms with van der Waals surface area (Å²) in [5, 5.41) is 0. The molecular formula is C17H23N3. The van der Waals surface area contributed by atoms with E-state index in [1.54, 1.807) is 0 Å². The van der Waals surface area contributed by atoms with Crippen molar-refractivity contribution in [3.63, 3.8) is 0 Å². The highest BCUT2D eigenvalue weighted by Gasteiger charge is 2.21. The summed E-state index contributed by atoms with van der Waals surface area (Å²) in [6.45, 7) is 3.00. The molecule has 0 radical (unpaired) electrons. The van der Waals surface area contributed by atoms with Crippen LogP contribution in [-0.4, -0.2) is 16.5 Å². The van der Waals surface area contributed by atoms with Gasteiger partial charge in [0.15, 0.2) is 0 Å². The topological polar surface area (TPSA) is 51.8 Å². The molecule has 0 amide bonds. The Balaban J connectivity index is 2.24. The molecule has 3 nitrogen and oxygen atoms in total. The van der Waals surface area contributed by atoms with Crippen molar-refractivity contribution in [3.8, 4) is 0 Å². The number of hydrogen-bond acceptors (Lipinski definition) is 3. The largest absolute Gasteiger partial charge is 0.330 e. The van der Waals surface area contributed by atoms with Crippen molar-refractivity contribution >= 4 is 0 Å². The Hall–Kier alpha value is -1.74. The maximum absolute atomic E-state index is 5.79. The van der Waals surface area contributed by atoms with Gasteiger partial charge in [-0.25, -0.2) is 0 Å². The van der Waals surface area contributed by atoms with E-state index in [1.807, 2.05) is 24.8 Å². The first-order valence-corrected chi connectivity index (χ1v) is 7.34. The minimum Gasteiger partial charge on any atom is -0.330 e. The Morgan fingerprint density at radius 3 is 2.15 bits per heavy atom. The van der Waals surface area contributed by atoms with E-state index >= 15 is 0 Å². The van der Waals surface area contributed by atoms with Gasteiger partial charge < -0.3 is 5.73 Å². The van der Waals surface area contributed by atoms with E-state index in [1.165, 1.54) is 11.1 Å². The zero-order valence-corrected chi connectivity index (χ0v) is 12.1. The molecule has 0 fully saturated rings. The minimum absolute atomic E-state index is 0.494. The molecule has 0 saturated carbocycles. The van der Waals surface area contributed by atoms with Crippen molar-refractivity contribution in [3.05, 3.63) is 60.2 Å². The van der Waals surface area contributed by atoms with Crippen molar-refractivity contribution in [2.24, 2.45) is 11.7 Å². The van der Waals surface area contributed by atoms with Crippen LogP contribution in [0.4, 0.5) is 0 Å². The highest BCUT2D eigenvalue weighted by molar-refractivity contribution is 5.22. The van der Waals surface area contributed by atoms with E-state index in [4.69, 9.17) is 5.73 Å². The second-order valence-electron chi connectivity index (χ2n) is 5.19. The maximum atomic E-state index is 5.79. The lowest BCUT2D eigenvalue weighted by molar-refractivity contribution is 0.385. The molecule has 2 N–H and O–H groups in total. The molecule has 0 spiro atoms. The van der Waals surface area contributed by atoms with E-state index in [0.29, 0.717) is 11.8 Å². The molecule has 0 aliphatic carbocycles. The van der Waals surface area contributed by atoms with Crippen LogP contribution in [0, 0.1) is 5.92 Å². The van der Waals surface area contributed by atoms with Gasteiger partial charge in [0.1, 0.15) is 0 Å². The molecule has 0 aliphatic heterocycles. The van der Waals surface area contributed by atoms with Gasteiger partial charge in [-0.15, -0.1) is 0 Å². The number of aromatic nitrogens is 2. The van der Waals surface area contributed by atoms with Crippen LogP contribution in [-0.2, 0) is 6.42 Å². The number of nitrogens with two attached hydrogens (primary N) is 1. The van der Waals surface area contributed by atoms with E-state index in [0.717, 1.165) is 25.8 Å². The molecule has 2 aromatic rings. The molecule has 0 aliphatic rings. The van der Waals surface area contributed by atoms with Crippen LogP contribution in [0.5, 0.6) is 0 Å². The van der Waals surface area contributed by atoms with Crippen LogP contribution in [0.1, 0.15) is 36.8 Å². The molecule has 2 rings (SSSR count). The third-order valence-electron chi connectivity index (χ3n) is 3.97. The van der Waals surface area contributed by atoms with E-state index in [-0.39, 0.29) is 0 Å². The first kappa shape index (κ1) is 14.7. The highest BCUT2D eigenvalue weighted by atomic mass is 14.6. The van der Waals surface area contributed by atoms with Gasteiger partial charge in [-0.3, -0.25) is 9.97 Å². The predicted molar refractivity (Wildman–Crippen MR) is 82.4 cm³/mol. The maximum Gasteiger partial charge on any atom is 0.0270 e.